The maximum atomic E-state index is 11.6. The number of methoxy groups -OCH3 is 1. The van der Waals surface area contributed by atoms with Crippen molar-refractivity contribution in [3.8, 4) is 5.75 Å². The molecule has 2 aromatic carbocycles. The minimum atomic E-state index is -0.305. The van der Waals surface area contributed by atoms with E-state index in [9.17, 15) is 4.79 Å². The Hall–Kier alpha value is -2.66. The van der Waals surface area contributed by atoms with Crippen molar-refractivity contribution in [1.29, 1.82) is 0 Å². The summed E-state index contributed by atoms with van der Waals surface area (Å²) in [6, 6.07) is 14.9. The van der Waals surface area contributed by atoms with Crippen molar-refractivity contribution in [2.24, 2.45) is 0 Å². The van der Waals surface area contributed by atoms with Gasteiger partial charge in [-0.05, 0) is 68.0 Å². The normalized spacial score (nSPS) is 11.3. The van der Waals surface area contributed by atoms with E-state index in [0.29, 0.717) is 13.0 Å². The summed E-state index contributed by atoms with van der Waals surface area (Å²) in [5, 5.41) is 1.15. The second-order valence-electron chi connectivity index (χ2n) is 6.74. The lowest BCUT2D eigenvalue weighted by Gasteiger charge is -2.10. The number of rotatable bonds is 8. The molecule has 4 nitrogen and oxygen atoms in total. The first-order chi connectivity index (χ1) is 14.1. The first-order valence-corrected chi connectivity index (χ1v) is 10.9. The van der Waals surface area contributed by atoms with Crippen LogP contribution in [0.1, 0.15) is 23.7 Å². The van der Waals surface area contributed by atoms with Crippen LogP contribution in [0.25, 0.3) is 10.9 Å². The average Bonchev–Trinajstić information content (AvgIpc) is 2.99. The SMILES string of the molecule is CCOC(=O)C=CCc1c(C)n(Cc2ccc(SC)cc2)c2ccc(OC)cc12. The van der Waals surface area contributed by atoms with Crippen LogP contribution in [-0.4, -0.2) is 30.5 Å². The molecular formula is C24H27NO3S. The zero-order valence-corrected chi connectivity index (χ0v) is 18.2. The number of ether oxygens (including phenoxy) is 2. The Morgan fingerprint density at radius 2 is 1.93 bits per heavy atom. The summed E-state index contributed by atoms with van der Waals surface area (Å²) >= 11 is 1.75. The molecular weight excluding hydrogens is 382 g/mol. The zero-order chi connectivity index (χ0) is 20.8. The van der Waals surface area contributed by atoms with E-state index in [2.05, 4.69) is 54.1 Å². The fourth-order valence-electron chi connectivity index (χ4n) is 3.50. The molecule has 1 heterocycles. The van der Waals surface area contributed by atoms with Crippen LogP contribution < -0.4 is 4.74 Å². The third kappa shape index (κ3) is 4.85. The molecule has 0 atom stereocenters. The van der Waals surface area contributed by atoms with Gasteiger partial charge in [-0.2, -0.15) is 0 Å². The van der Waals surface area contributed by atoms with E-state index in [1.165, 1.54) is 27.8 Å². The van der Waals surface area contributed by atoms with Gasteiger partial charge in [-0.15, -0.1) is 11.8 Å². The zero-order valence-electron chi connectivity index (χ0n) is 17.4. The first kappa shape index (κ1) is 21.1. The summed E-state index contributed by atoms with van der Waals surface area (Å²) < 4.78 is 12.8. The molecule has 0 aliphatic heterocycles. The molecule has 1 aromatic heterocycles. The van der Waals surface area contributed by atoms with Gasteiger partial charge in [0.25, 0.3) is 0 Å². The van der Waals surface area contributed by atoms with Gasteiger partial charge in [0, 0.05) is 34.1 Å². The van der Waals surface area contributed by atoms with Crippen LogP contribution in [0.5, 0.6) is 5.75 Å². The minimum absolute atomic E-state index is 0.305. The topological polar surface area (TPSA) is 40.5 Å². The smallest absolute Gasteiger partial charge is 0.330 e. The van der Waals surface area contributed by atoms with E-state index in [1.54, 1.807) is 18.9 Å². The number of hydrogen-bond donors (Lipinski definition) is 0. The monoisotopic (exact) mass is 409 g/mol. The van der Waals surface area contributed by atoms with E-state index >= 15 is 0 Å². The van der Waals surface area contributed by atoms with E-state index in [1.807, 2.05) is 19.1 Å². The Bertz CT molecular complexity index is 1020. The van der Waals surface area contributed by atoms with Gasteiger partial charge >= 0.3 is 5.97 Å². The van der Waals surface area contributed by atoms with Gasteiger partial charge in [0.05, 0.1) is 13.7 Å². The summed E-state index contributed by atoms with van der Waals surface area (Å²) in [5.74, 6) is 0.523. The largest absolute Gasteiger partial charge is 0.497 e. The van der Waals surface area contributed by atoms with Gasteiger partial charge in [-0.3, -0.25) is 0 Å². The summed E-state index contributed by atoms with van der Waals surface area (Å²) in [6.07, 6.45) is 6.12. The van der Waals surface area contributed by atoms with Crippen molar-refractivity contribution in [3.05, 3.63) is 71.4 Å². The number of hydrogen-bond acceptors (Lipinski definition) is 4. The lowest BCUT2D eigenvalue weighted by atomic mass is 10.1. The Kier molecular flexibility index (Phi) is 7.04. The van der Waals surface area contributed by atoms with Crippen LogP contribution >= 0.6 is 11.8 Å². The molecule has 0 saturated heterocycles. The number of esters is 1. The highest BCUT2D eigenvalue weighted by molar-refractivity contribution is 7.98. The van der Waals surface area contributed by atoms with Crippen LogP contribution in [0.15, 0.2) is 59.5 Å². The molecule has 0 aliphatic carbocycles. The minimum Gasteiger partial charge on any atom is -0.497 e. The molecule has 5 heteroatoms. The third-order valence-corrected chi connectivity index (χ3v) is 5.77. The fraction of sp³-hybridized carbons (Fsp3) is 0.292. The number of aromatic nitrogens is 1. The highest BCUT2D eigenvalue weighted by Crippen LogP contribution is 2.31. The fourth-order valence-corrected chi connectivity index (χ4v) is 3.90. The van der Waals surface area contributed by atoms with Gasteiger partial charge in [0.2, 0.25) is 0 Å². The predicted octanol–water partition coefficient (Wildman–Crippen LogP) is 5.39. The molecule has 0 aliphatic rings. The number of thioether (sulfide) groups is 1. The third-order valence-electron chi connectivity index (χ3n) is 5.02. The lowest BCUT2D eigenvalue weighted by Crippen LogP contribution is -2.02. The molecule has 3 rings (SSSR count). The Morgan fingerprint density at radius 3 is 2.59 bits per heavy atom. The van der Waals surface area contributed by atoms with Crippen LogP contribution in [0.3, 0.4) is 0 Å². The van der Waals surface area contributed by atoms with E-state index in [4.69, 9.17) is 9.47 Å². The highest BCUT2D eigenvalue weighted by atomic mass is 32.2. The molecule has 152 valence electrons. The Labute approximate surface area is 176 Å². The molecule has 29 heavy (non-hydrogen) atoms. The van der Waals surface area contributed by atoms with Crippen molar-refractivity contribution in [1.82, 2.24) is 4.57 Å². The molecule has 0 saturated carbocycles. The lowest BCUT2D eigenvalue weighted by molar-refractivity contribution is -0.137. The predicted molar refractivity (Wildman–Crippen MR) is 120 cm³/mol. The molecule has 3 aromatic rings. The number of benzene rings is 2. The Morgan fingerprint density at radius 1 is 1.17 bits per heavy atom. The maximum Gasteiger partial charge on any atom is 0.330 e. The second kappa shape index (κ2) is 9.70. The van der Waals surface area contributed by atoms with Crippen molar-refractivity contribution in [2.45, 2.75) is 31.7 Å². The number of allylic oxidation sites excluding steroid dienone is 1. The molecule has 0 radical (unpaired) electrons. The van der Waals surface area contributed by atoms with Gasteiger partial charge in [-0.1, -0.05) is 18.2 Å². The van der Waals surface area contributed by atoms with Crippen LogP contribution in [0.4, 0.5) is 0 Å². The standard InChI is InChI=1S/C24H27NO3S/c1-5-28-24(26)8-6-7-21-17(2)25(16-18-9-12-20(29-4)13-10-18)23-14-11-19(27-3)15-22(21)23/h6,8-15H,5,7,16H2,1-4H3. The van der Waals surface area contributed by atoms with E-state index < -0.39 is 0 Å². The van der Waals surface area contributed by atoms with Crippen molar-refractivity contribution < 1.29 is 14.3 Å². The maximum absolute atomic E-state index is 11.6. The Balaban J connectivity index is 1.98. The molecule has 0 bridgehead atoms. The van der Waals surface area contributed by atoms with Crippen LogP contribution in [0, 0.1) is 6.92 Å². The summed E-state index contributed by atoms with van der Waals surface area (Å²) in [7, 11) is 1.68. The number of carbonyl (C=O) groups excluding carboxylic acids is 1. The van der Waals surface area contributed by atoms with Gasteiger partial charge in [0.15, 0.2) is 0 Å². The van der Waals surface area contributed by atoms with E-state index in [-0.39, 0.29) is 5.97 Å². The quantitative estimate of drug-likeness (QED) is 0.284. The van der Waals surface area contributed by atoms with Crippen molar-refractivity contribution in [3.63, 3.8) is 0 Å². The van der Waals surface area contributed by atoms with Crippen molar-refractivity contribution in [2.75, 3.05) is 20.0 Å². The van der Waals surface area contributed by atoms with Crippen LogP contribution in [0.2, 0.25) is 0 Å². The molecule has 0 N–H and O–H groups in total. The van der Waals surface area contributed by atoms with E-state index in [0.717, 1.165) is 23.2 Å². The highest BCUT2D eigenvalue weighted by Gasteiger charge is 2.14. The molecule has 0 fully saturated rings. The summed E-state index contributed by atoms with van der Waals surface area (Å²) in [4.78, 5) is 12.9. The molecule has 0 spiro atoms. The average molecular weight is 410 g/mol. The number of carbonyl (C=O) groups is 1. The van der Waals surface area contributed by atoms with Gasteiger partial charge in [-0.25, -0.2) is 4.79 Å². The van der Waals surface area contributed by atoms with Gasteiger partial charge in [0.1, 0.15) is 5.75 Å². The number of nitrogens with zero attached hydrogens (tertiary/aromatic N) is 1. The first-order valence-electron chi connectivity index (χ1n) is 9.69. The molecule has 0 unspecified atom stereocenters. The molecule has 0 amide bonds. The van der Waals surface area contributed by atoms with Crippen molar-refractivity contribution >= 4 is 28.6 Å². The van der Waals surface area contributed by atoms with Crippen LogP contribution in [-0.2, 0) is 22.5 Å². The number of fused-ring (bicyclic) bond motifs is 1. The summed E-state index contributed by atoms with van der Waals surface area (Å²) in [6.45, 7) is 5.12. The summed E-state index contributed by atoms with van der Waals surface area (Å²) in [5.41, 5.74) is 4.81. The van der Waals surface area contributed by atoms with Gasteiger partial charge < -0.3 is 14.0 Å². The second-order valence-corrected chi connectivity index (χ2v) is 7.62.